The lowest BCUT2D eigenvalue weighted by molar-refractivity contribution is 0.104. The Morgan fingerprint density at radius 2 is 1.95 bits per heavy atom. The first-order valence-electron chi connectivity index (χ1n) is 6.23. The number of rotatable bonds is 5. The van der Waals surface area contributed by atoms with Gasteiger partial charge in [0, 0.05) is 5.56 Å². The van der Waals surface area contributed by atoms with E-state index in [0.29, 0.717) is 11.3 Å². The number of hydrogen-bond donors (Lipinski definition) is 0. The van der Waals surface area contributed by atoms with Crippen LogP contribution in [-0.2, 0) is 0 Å². The predicted octanol–water partition coefficient (Wildman–Crippen LogP) is 3.59. The highest BCUT2D eigenvalue weighted by Gasteiger charge is 2.00. The monoisotopic (exact) mass is 262 g/mol. The van der Waals surface area contributed by atoms with Crippen molar-refractivity contribution in [3.05, 3.63) is 71.8 Å². The van der Waals surface area contributed by atoms with Gasteiger partial charge in [-0.2, -0.15) is 0 Å². The minimum Gasteiger partial charge on any atom is -0.481 e. The van der Waals surface area contributed by atoms with Crippen LogP contribution in [0.4, 0.5) is 0 Å². The summed E-state index contributed by atoms with van der Waals surface area (Å²) in [6, 6.07) is 16.6. The first-order chi connectivity index (χ1) is 9.79. The molecule has 98 valence electrons. The van der Waals surface area contributed by atoms with Crippen molar-refractivity contribution in [2.24, 2.45) is 0 Å². The summed E-state index contributed by atoms with van der Waals surface area (Å²) >= 11 is 0. The van der Waals surface area contributed by atoms with Gasteiger partial charge >= 0.3 is 0 Å². The highest BCUT2D eigenvalue weighted by molar-refractivity contribution is 6.06. The smallest absolute Gasteiger partial charge is 0.185 e. The highest BCUT2D eigenvalue weighted by Crippen LogP contribution is 2.14. The van der Waals surface area contributed by atoms with Gasteiger partial charge in [0.1, 0.15) is 12.4 Å². The Morgan fingerprint density at radius 3 is 2.70 bits per heavy atom. The Kier molecular flexibility index (Phi) is 4.75. The minimum absolute atomic E-state index is 0.0273. The van der Waals surface area contributed by atoms with Crippen LogP contribution in [0.15, 0.2) is 60.7 Å². The molecule has 0 heterocycles. The topological polar surface area (TPSA) is 26.3 Å². The fraction of sp³-hybridized carbons (Fsp3) is 0.0556. The number of ether oxygens (including phenoxy) is 1. The van der Waals surface area contributed by atoms with E-state index in [4.69, 9.17) is 11.2 Å². The Labute approximate surface area is 118 Å². The van der Waals surface area contributed by atoms with Crippen LogP contribution in [0.1, 0.15) is 15.9 Å². The van der Waals surface area contributed by atoms with E-state index in [1.807, 2.05) is 42.5 Å². The maximum atomic E-state index is 11.9. The standard InChI is InChI=1S/C18H14O2/c1-2-13-20-17-10-6-7-15(14-17)11-12-18(19)16-8-4-3-5-9-16/h1,3-12,14H,13H2/b12-11+. The van der Waals surface area contributed by atoms with Gasteiger partial charge in [0.25, 0.3) is 0 Å². The zero-order chi connectivity index (χ0) is 14.2. The summed E-state index contributed by atoms with van der Waals surface area (Å²) < 4.78 is 5.33. The van der Waals surface area contributed by atoms with E-state index in [2.05, 4.69) is 5.92 Å². The van der Waals surface area contributed by atoms with Crippen LogP contribution in [0.2, 0.25) is 0 Å². The molecule has 0 aromatic heterocycles. The van der Waals surface area contributed by atoms with Gasteiger partial charge in [0.15, 0.2) is 5.78 Å². The fourth-order valence-electron chi connectivity index (χ4n) is 1.70. The van der Waals surface area contributed by atoms with Crippen LogP contribution in [-0.4, -0.2) is 12.4 Å². The molecular formula is C18H14O2. The summed E-state index contributed by atoms with van der Waals surface area (Å²) in [7, 11) is 0. The van der Waals surface area contributed by atoms with E-state index >= 15 is 0 Å². The summed E-state index contributed by atoms with van der Waals surface area (Å²) in [5.74, 6) is 3.08. The third kappa shape index (κ3) is 3.86. The third-order valence-electron chi connectivity index (χ3n) is 2.67. The molecule has 0 N–H and O–H groups in total. The van der Waals surface area contributed by atoms with E-state index in [0.717, 1.165) is 5.56 Å². The zero-order valence-electron chi connectivity index (χ0n) is 11.0. The van der Waals surface area contributed by atoms with Gasteiger partial charge in [0.05, 0.1) is 0 Å². The lowest BCUT2D eigenvalue weighted by Gasteiger charge is -2.02. The maximum absolute atomic E-state index is 11.9. The van der Waals surface area contributed by atoms with Gasteiger partial charge in [-0.3, -0.25) is 4.79 Å². The molecule has 20 heavy (non-hydrogen) atoms. The molecule has 2 aromatic carbocycles. The van der Waals surface area contributed by atoms with Crippen LogP contribution in [0.5, 0.6) is 5.75 Å². The number of terminal acetylenes is 1. The lowest BCUT2D eigenvalue weighted by Crippen LogP contribution is -1.94. The van der Waals surface area contributed by atoms with Crippen LogP contribution < -0.4 is 4.74 Å². The first-order valence-corrected chi connectivity index (χ1v) is 6.23. The molecular weight excluding hydrogens is 248 g/mol. The molecule has 2 aromatic rings. The normalized spacial score (nSPS) is 10.2. The fourth-order valence-corrected chi connectivity index (χ4v) is 1.70. The van der Waals surface area contributed by atoms with Gasteiger partial charge in [0.2, 0.25) is 0 Å². The van der Waals surface area contributed by atoms with Crippen LogP contribution >= 0.6 is 0 Å². The Balaban J connectivity index is 2.08. The van der Waals surface area contributed by atoms with Crippen molar-refractivity contribution in [3.63, 3.8) is 0 Å². The molecule has 0 fully saturated rings. The molecule has 0 spiro atoms. The number of hydrogen-bond acceptors (Lipinski definition) is 2. The van der Waals surface area contributed by atoms with Crippen LogP contribution in [0.3, 0.4) is 0 Å². The molecule has 0 aliphatic heterocycles. The second kappa shape index (κ2) is 6.96. The lowest BCUT2D eigenvalue weighted by atomic mass is 10.1. The molecule has 0 radical (unpaired) electrons. The molecule has 0 aliphatic carbocycles. The maximum Gasteiger partial charge on any atom is 0.185 e. The van der Waals surface area contributed by atoms with Gasteiger partial charge < -0.3 is 4.74 Å². The number of carbonyl (C=O) groups is 1. The second-order valence-corrected chi connectivity index (χ2v) is 4.13. The molecule has 2 nitrogen and oxygen atoms in total. The van der Waals surface area contributed by atoms with Gasteiger partial charge in [-0.15, -0.1) is 6.42 Å². The number of allylic oxidation sites excluding steroid dienone is 1. The van der Waals surface area contributed by atoms with E-state index in [9.17, 15) is 4.79 Å². The second-order valence-electron chi connectivity index (χ2n) is 4.13. The molecule has 0 unspecified atom stereocenters. The molecule has 2 heteroatoms. The van der Waals surface area contributed by atoms with Gasteiger partial charge in [-0.25, -0.2) is 0 Å². The minimum atomic E-state index is -0.0273. The van der Waals surface area contributed by atoms with Crippen LogP contribution in [0, 0.1) is 12.3 Å². The van der Waals surface area contributed by atoms with Crippen molar-refractivity contribution in [3.8, 4) is 18.1 Å². The average molecular weight is 262 g/mol. The summed E-state index contributed by atoms with van der Waals surface area (Å²) in [4.78, 5) is 11.9. The SMILES string of the molecule is C#CCOc1cccc(/C=C/C(=O)c2ccccc2)c1. The van der Waals surface area contributed by atoms with E-state index in [-0.39, 0.29) is 12.4 Å². The Bertz CT molecular complexity index is 649. The van der Waals surface area contributed by atoms with E-state index < -0.39 is 0 Å². The van der Waals surface area contributed by atoms with Gasteiger partial charge in [-0.05, 0) is 23.8 Å². The summed E-state index contributed by atoms with van der Waals surface area (Å²) in [6.45, 7) is 0.232. The molecule has 0 amide bonds. The van der Waals surface area contributed by atoms with E-state index in [1.165, 1.54) is 0 Å². The van der Waals surface area contributed by atoms with Gasteiger partial charge in [-0.1, -0.05) is 54.5 Å². The zero-order valence-corrected chi connectivity index (χ0v) is 11.0. The summed E-state index contributed by atoms with van der Waals surface area (Å²) in [6.07, 6.45) is 8.46. The molecule has 0 aliphatic rings. The highest BCUT2D eigenvalue weighted by atomic mass is 16.5. The first kappa shape index (κ1) is 13.6. The molecule has 0 bridgehead atoms. The third-order valence-corrected chi connectivity index (χ3v) is 2.67. The van der Waals surface area contributed by atoms with Crippen molar-refractivity contribution in [1.29, 1.82) is 0 Å². The van der Waals surface area contributed by atoms with Crippen molar-refractivity contribution in [2.75, 3.05) is 6.61 Å². The Hall–Kier alpha value is -2.79. The average Bonchev–Trinajstić information content (AvgIpc) is 2.52. The molecule has 2 rings (SSSR count). The summed E-state index contributed by atoms with van der Waals surface area (Å²) in [5.41, 5.74) is 1.56. The number of carbonyl (C=O) groups excluding carboxylic acids is 1. The predicted molar refractivity (Wildman–Crippen MR) is 80.6 cm³/mol. The number of benzene rings is 2. The van der Waals surface area contributed by atoms with Crippen molar-refractivity contribution >= 4 is 11.9 Å². The van der Waals surface area contributed by atoms with Crippen molar-refractivity contribution in [2.45, 2.75) is 0 Å². The molecule has 0 atom stereocenters. The number of ketones is 1. The summed E-state index contributed by atoms with van der Waals surface area (Å²) in [5, 5.41) is 0. The molecule has 0 saturated carbocycles. The quantitative estimate of drug-likeness (QED) is 0.467. The van der Waals surface area contributed by atoms with E-state index in [1.54, 1.807) is 24.3 Å². The molecule has 0 saturated heterocycles. The Morgan fingerprint density at radius 1 is 1.15 bits per heavy atom. The van der Waals surface area contributed by atoms with Crippen molar-refractivity contribution < 1.29 is 9.53 Å². The van der Waals surface area contributed by atoms with Crippen molar-refractivity contribution in [1.82, 2.24) is 0 Å². The van der Waals surface area contributed by atoms with Crippen LogP contribution in [0.25, 0.3) is 6.08 Å². The largest absolute Gasteiger partial charge is 0.481 e.